The lowest BCUT2D eigenvalue weighted by molar-refractivity contribution is 0.144. The van der Waals surface area contributed by atoms with Crippen LogP contribution in [0.3, 0.4) is 0 Å². The van der Waals surface area contributed by atoms with Crippen molar-refractivity contribution in [1.82, 2.24) is 10.2 Å². The van der Waals surface area contributed by atoms with E-state index in [-0.39, 0.29) is 18.1 Å². The van der Waals surface area contributed by atoms with Crippen molar-refractivity contribution in [3.8, 4) is 17.2 Å². The number of benzene rings is 3. The van der Waals surface area contributed by atoms with Gasteiger partial charge in [-0.1, -0.05) is 29.8 Å². The maximum absolute atomic E-state index is 12.9. The molecule has 3 aromatic rings. The average molecular weight is 490 g/mol. The van der Waals surface area contributed by atoms with Gasteiger partial charge >= 0.3 is 6.03 Å². The molecule has 4 rings (SSSR count). The van der Waals surface area contributed by atoms with E-state index in [9.17, 15) is 4.79 Å². The minimum absolute atomic E-state index is 0.0561. The molecule has 0 radical (unpaired) electrons. The molecule has 0 aliphatic carbocycles. The van der Waals surface area contributed by atoms with E-state index in [4.69, 9.17) is 14.2 Å². The van der Waals surface area contributed by atoms with Crippen molar-refractivity contribution in [1.29, 1.82) is 0 Å². The predicted molar refractivity (Wildman–Crippen MR) is 142 cm³/mol. The molecule has 2 amide bonds. The van der Waals surface area contributed by atoms with Gasteiger partial charge in [0, 0.05) is 24.8 Å². The van der Waals surface area contributed by atoms with Crippen LogP contribution >= 0.6 is 0 Å². The fourth-order valence-electron chi connectivity index (χ4n) is 4.85. The van der Waals surface area contributed by atoms with E-state index in [1.54, 1.807) is 21.3 Å². The SMILES string of the molecule is COc1ccc(CN2CCc3cc(OC)c(OC)cc3[C@H]2[C@H](C)NC(=O)Nc2ccc(C)cc2)cc1. The predicted octanol–water partition coefficient (Wildman–Crippen LogP) is 5.33. The van der Waals surface area contributed by atoms with Crippen LogP contribution in [0.4, 0.5) is 10.5 Å². The van der Waals surface area contributed by atoms with Gasteiger partial charge in [0.15, 0.2) is 11.5 Å². The molecule has 0 saturated carbocycles. The molecule has 0 unspecified atom stereocenters. The number of aryl methyl sites for hydroxylation is 1. The van der Waals surface area contributed by atoms with Gasteiger partial charge in [-0.3, -0.25) is 4.90 Å². The first-order chi connectivity index (χ1) is 17.4. The second kappa shape index (κ2) is 11.4. The van der Waals surface area contributed by atoms with Gasteiger partial charge in [0.1, 0.15) is 5.75 Å². The molecule has 0 aromatic heterocycles. The van der Waals surface area contributed by atoms with E-state index in [2.05, 4.69) is 39.8 Å². The zero-order valence-electron chi connectivity index (χ0n) is 21.6. The van der Waals surface area contributed by atoms with Crippen molar-refractivity contribution >= 4 is 11.7 Å². The van der Waals surface area contributed by atoms with Crippen LogP contribution in [-0.4, -0.2) is 44.8 Å². The van der Waals surface area contributed by atoms with E-state index >= 15 is 0 Å². The fraction of sp³-hybridized carbons (Fsp3) is 0.345. The van der Waals surface area contributed by atoms with Crippen LogP contribution in [-0.2, 0) is 13.0 Å². The summed E-state index contributed by atoms with van der Waals surface area (Å²) in [5.41, 5.74) is 5.43. The van der Waals surface area contributed by atoms with E-state index in [1.807, 2.05) is 50.2 Å². The van der Waals surface area contributed by atoms with Gasteiger partial charge in [-0.25, -0.2) is 4.79 Å². The van der Waals surface area contributed by atoms with Gasteiger partial charge < -0.3 is 24.8 Å². The van der Waals surface area contributed by atoms with Crippen LogP contribution in [0.2, 0.25) is 0 Å². The fourth-order valence-corrected chi connectivity index (χ4v) is 4.85. The monoisotopic (exact) mass is 489 g/mol. The molecule has 7 heteroatoms. The first-order valence-corrected chi connectivity index (χ1v) is 12.2. The molecule has 190 valence electrons. The highest BCUT2D eigenvalue weighted by Gasteiger charge is 2.33. The zero-order valence-corrected chi connectivity index (χ0v) is 21.6. The summed E-state index contributed by atoms with van der Waals surface area (Å²) in [6, 6.07) is 19.5. The Labute approximate surface area is 213 Å². The highest BCUT2D eigenvalue weighted by atomic mass is 16.5. The van der Waals surface area contributed by atoms with Crippen molar-refractivity contribution in [2.24, 2.45) is 0 Å². The van der Waals surface area contributed by atoms with E-state index < -0.39 is 0 Å². The molecular formula is C29H35N3O4. The number of carbonyl (C=O) groups excluding carboxylic acids is 1. The standard InChI is InChI=1S/C29H35N3O4/c1-19-6-10-23(11-7-19)31-29(33)30-20(2)28-25-17-27(36-5)26(35-4)16-22(25)14-15-32(28)18-21-8-12-24(34-3)13-9-21/h6-13,16-17,20,28H,14-15,18H2,1-5H3,(H2,30,31,33)/t20-,28+/m0/s1. The van der Waals surface area contributed by atoms with Gasteiger partial charge in [0.25, 0.3) is 0 Å². The molecule has 0 spiro atoms. The number of rotatable bonds is 8. The van der Waals surface area contributed by atoms with Gasteiger partial charge in [-0.05, 0) is 73.4 Å². The quantitative estimate of drug-likeness (QED) is 0.448. The summed E-state index contributed by atoms with van der Waals surface area (Å²) in [6.45, 7) is 5.66. The Bertz CT molecular complexity index is 1180. The molecule has 1 aliphatic rings. The van der Waals surface area contributed by atoms with Gasteiger partial charge in [-0.15, -0.1) is 0 Å². The minimum Gasteiger partial charge on any atom is -0.497 e. The summed E-state index contributed by atoms with van der Waals surface area (Å²) in [7, 11) is 4.97. The second-order valence-electron chi connectivity index (χ2n) is 9.17. The molecule has 36 heavy (non-hydrogen) atoms. The lowest BCUT2D eigenvalue weighted by Gasteiger charge is -2.41. The molecule has 7 nitrogen and oxygen atoms in total. The van der Waals surface area contributed by atoms with Crippen LogP contribution in [0.15, 0.2) is 60.7 Å². The summed E-state index contributed by atoms with van der Waals surface area (Å²) in [4.78, 5) is 15.3. The number of ether oxygens (including phenoxy) is 3. The van der Waals surface area contributed by atoms with E-state index in [0.29, 0.717) is 5.75 Å². The summed E-state index contributed by atoms with van der Waals surface area (Å²) in [5.74, 6) is 2.24. The summed E-state index contributed by atoms with van der Waals surface area (Å²) < 4.78 is 16.5. The van der Waals surface area contributed by atoms with Gasteiger partial charge in [0.05, 0.1) is 27.4 Å². The first kappa shape index (κ1) is 25.4. The minimum atomic E-state index is -0.233. The molecule has 2 atom stereocenters. The summed E-state index contributed by atoms with van der Waals surface area (Å²) in [6.07, 6.45) is 0.880. The topological polar surface area (TPSA) is 72.1 Å². The van der Waals surface area contributed by atoms with Crippen LogP contribution in [0.25, 0.3) is 0 Å². The molecule has 0 saturated heterocycles. The number of urea groups is 1. The molecule has 1 heterocycles. The second-order valence-corrected chi connectivity index (χ2v) is 9.17. The number of hydrogen-bond donors (Lipinski definition) is 2. The highest BCUT2D eigenvalue weighted by Crippen LogP contribution is 2.40. The van der Waals surface area contributed by atoms with Gasteiger partial charge in [-0.2, -0.15) is 0 Å². The maximum atomic E-state index is 12.9. The Morgan fingerprint density at radius 1 is 0.972 bits per heavy atom. The van der Waals surface area contributed by atoms with Crippen molar-refractivity contribution in [2.45, 2.75) is 38.9 Å². The number of hydrogen-bond acceptors (Lipinski definition) is 5. The third-order valence-corrected chi connectivity index (χ3v) is 6.71. The summed E-state index contributed by atoms with van der Waals surface area (Å²) >= 11 is 0. The van der Waals surface area contributed by atoms with E-state index in [0.717, 1.165) is 47.8 Å². The Hall–Kier alpha value is -3.71. The number of nitrogens with zero attached hydrogens (tertiary/aromatic N) is 1. The zero-order chi connectivity index (χ0) is 25.7. The number of amides is 2. The smallest absolute Gasteiger partial charge is 0.319 e. The Kier molecular flexibility index (Phi) is 8.00. The normalized spacial score (nSPS) is 16.0. The Balaban J connectivity index is 1.61. The van der Waals surface area contributed by atoms with Crippen LogP contribution in [0.1, 0.15) is 35.2 Å². The molecule has 0 fully saturated rings. The molecule has 3 aromatic carbocycles. The average Bonchev–Trinajstić information content (AvgIpc) is 2.89. The number of anilines is 1. The molecule has 1 aliphatic heterocycles. The van der Waals surface area contributed by atoms with Crippen molar-refractivity contribution in [3.05, 3.63) is 82.9 Å². The van der Waals surface area contributed by atoms with Gasteiger partial charge in [0.2, 0.25) is 0 Å². The lowest BCUT2D eigenvalue weighted by Crippen LogP contribution is -2.48. The summed E-state index contributed by atoms with van der Waals surface area (Å²) in [5, 5.41) is 6.12. The maximum Gasteiger partial charge on any atom is 0.319 e. The Morgan fingerprint density at radius 3 is 2.28 bits per heavy atom. The number of nitrogens with one attached hydrogen (secondary N) is 2. The number of fused-ring (bicyclic) bond motifs is 1. The molecule has 2 N–H and O–H groups in total. The largest absolute Gasteiger partial charge is 0.497 e. The molecule has 0 bridgehead atoms. The highest BCUT2D eigenvalue weighted by molar-refractivity contribution is 5.89. The van der Waals surface area contributed by atoms with Crippen LogP contribution in [0, 0.1) is 6.92 Å². The third kappa shape index (κ3) is 5.74. The lowest BCUT2D eigenvalue weighted by atomic mass is 9.87. The van der Waals surface area contributed by atoms with Crippen molar-refractivity contribution in [3.63, 3.8) is 0 Å². The molecular weight excluding hydrogens is 454 g/mol. The van der Waals surface area contributed by atoms with Crippen LogP contribution in [0.5, 0.6) is 17.2 Å². The van der Waals surface area contributed by atoms with E-state index in [1.165, 1.54) is 11.1 Å². The van der Waals surface area contributed by atoms with Crippen molar-refractivity contribution < 1.29 is 19.0 Å². The third-order valence-electron chi connectivity index (χ3n) is 6.71. The van der Waals surface area contributed by atoms with Crippen LogP contribution < -0.4 is 24.8 Å². The number of carbonyl (C=O) groups is 1. The first-order valence-electron chi connectivity index (χ1n) is 12.2. The van der Waals surface area contributed by atoms with Crippen molar-refractivity contribution in [2.75, 3.05) is 33.2 Å². The number of methoxy groups -OCH3 is 3. The Morgan fingerprint density at radius 2 is 1.64 bits per heavy atom.